The summed E-state index contributed by atoms with van der Waals surface area (Å²) in [7, 11) is 0. The summed E-state index contributed by atoms with van der Waals surface area (Å²) in [4.78, 5) is 4.46. The van der Waals surface area contributed by atoms with Crippen molar-refractivity contribution in [1.82, 2.24) is 14.9 Å². The van der Waals surface area contributed by atoms with Crippen LogP contribution >= 0.6 is 31.9 Å². The van der Waals surface area contributed by atoms with Crippen LogP contribution < -0.4 is 5.32 Å². The number of hydrogen-bond donors (Lipinski definition) is 1. The van der Waals surface area contributed by atoms with E-state index in [9.17, 15) is 0 Å². The molecule has 0 aliphatic rings. The SMILES string of the molecule is CC[C@@H](C)NCc1nc(Br)c(Br)n1CC. The summed E-state index contributed by atoms with van der Waals surface area (Å²) >= 11 is 6.94. The van der Waals surface area contributed by atoms with E-state index in [1.54, 1.807) is 0 Å². The maximum atomic E-state index is 4.46. The Morgan fingerprint density at radius 2 is 2.07 bits per heavy atom. The molecule has 0 bridgehead atoms. The molecule has 1 heterocycles. The molecule has 0 saturated carbocycles. The van der Waals surface area contributed by atoms with Crippen molar-refractivity contribution in [1.29, 1.82) is 0 Å². The van der Waals surface area contributed by atoms with Crippen LogP contribution in [0.5, 0.6) is 0 Å². The maximum Gasteiger partial charge on any atom is 0.139 e. The number of aromatic nitrogens is 2. The van der Waals surface area contributed by atoms with Crippen LogP contribution in [0.3, 0.4) is 0 Å². The van der Waals surface area contributed by atoms with E-state index in [1.807, 2.05) is 0 Å². The first-order valence-electron chi connectivity index (χ1n) is 5.23. The molecule has 0 aliphatic heterocycles. The van der Waals surface area contributed by atoms with Crippen LogP contribution in [0.2, 0.25) is 0 Å². The van der Waals surface area contributed by atoms with E-state index < -0.39 is 0 Å². The lowest BCUT2D eigenvalue weighted by Crippen LogP contribution is -2.26. The molecule has 1 aromatic heterocycles. The molecular formula is C10H17Br2N3. The van der Waals surface area contributed by atoms with Crippen molar-refractivity contribution in [3.63, 3.8) is 0 Å². The summed E-state index contributed by atoms with van der Waals surface area (Å²) < 4.78 is 4.05. The summed E-state index contributed by atoms with van der Waals surface area (Å²) in [5, 5.41) is 3.44. The van der Waals surface area contributed by atoms with Gasteiger partial charge in [0, 0.05) is 12.6 Å². The van der Waals surface area contributed by atoms with Gasteiger partial charge in [0.05, 0.1) is 6.54 Å². The van der Waals surface area contributed by atoms with Gasteiger partial charge in [0.1, 0.15) is 15.0 Å². The van der Waals surface area contributed by atoms with E-state index in [0.717, 1.165) is 34.5 Å². The Bertz CT molecular complexity index is 323. The average Bonchev–Trinajstić information content (AvgIpc) is 2.51. The summed E-state index contributed by atoms with van der Waals surface area (Å²) in [6, 6.07) is 0.532. The number of nitrogens with one attached hydrogen (secondary N) is 1. The van der Waals surface area contributed by atoms with Gasteiger partial charge in [0.25, 0.3) is 0 Å². The standard InChI is InChI=1S/C10H17Br2N3/c1-4-7(3)13-6-8-14-9(11)10(12)15(8)5-2/h7,13H,4-6H2,1-3H3/t7-/m1/s1. The van der Waals surface area contributed by atoms with Gasteiger partial charge >= 0.3 is 0 Å². The van der Waals surface area contributed by atoms with Crippen molar-refractivity contribution in [2.45, 2.75) is 46.3 Å². The van der Waals surface area contributed by atoms with E-state index in [2.05, 4.69) is 67.5 Å². The fourth-order valence-electron chi connectivity index (χ4n) is 1.31. The number of hydrogen-bond acceptors (Lipinski definition) is 2. The second-order valence-electron chi connectivity index (χ2n) is 3.54. The van der Waals surface area contributed by atoms with Gasteiger partial charge in [0.15, 0.2) is 0 Å². The van der Waals surface area contributed by atoms with Gasteiger partial charge in [-0.2, -0.15) is 0 Å². The van der Waals surface area contributed by atoms with Crippen molar-refractivity contribution in [3.05, 3.63) is 15.0 Å². The zero-order chi connectivity index (χ0) is 11.4. The van der Waals surface area contributed by atoms with Gasteiger partial charge in [-0.25, -0.2) is 4.98 Å². The van der Waals surface area contributed by atoms with Gasteiger partial charge in [0.2, 0.25) is 0 Å². The van der Waals surface area contributed by atoms with Crippen LogP contribution in [0.25, 0.3) is 0 Å². The van der Waals surface area contributed by atoms with E-state index in [4.69, 9.17) is 0 Å². The summed E-state index contributed by atoms with van der Waals surface area (Å²) in [5.41, 5.74) is 0. The molecule has 0 spiro atoms. The van der Waals surface area contributed by atoms with Gasteiger partial charge in [-0.15, -0.1) is 0 Å². The fourth-order valence-corrected chi connectivity index (χ4v) is 2.27. The molecule has 0 aliphatic carbocycles. The predicted molar refractivity (Wildman–Crippen MR) is 69.9 cm³/mol. The summed E-state index contributed by atoms with van der Waals surface area (Å²) in [6.07, 6.45) is 1.13. The molecule has 1 rings (SSSR count). The van der Waals surface area contributed by atoms with E-state index in [0.29, 0.717) is 6.04 Å². The molecule has 1 N–H and O–H groups in total. The molecule has 0 fully saturated rings. The zero-order valence-electron chi connectivity index (χ0n) is 9.35. The average molecular weight is 339 g/mol. The minimum absolute atomic E-state index is 0.532. The Kier molecular flexibility index (Phi) is 5.29. The summed E-state index contributed by atoms with van der Waals surface area (Å²) in [6.45, 7) is 8.22. The Morgan fingerprint density at radius 3 is 2.60 bits per heavy atom. The highest BCUT2D eigenvalue weighted by Crippen LogP contribution is 2.23. The Hall–Kier alpha value is 0.130. The zero-order valence-corrected chi connectivity index (χ0v) is 12.5. The lowest BCUT2D eigenvalue weighted by Gasteiger charge is -2.11. The Labute approximate surface area is 108 Å². The van der Waals surface area contributed by atoms with Crippen LogP contribution in [0.4, 0.5) is 0 Å². The third kappa shape index (κ3) is 3.29. The highest BCUT2D eigenvalue weighted by atomic mass is 79.9. The number of rotatable bonds is 5. The molecule has 86 valence electrons. The van der Waals surface area contributed by atoms with Crippen molar-refractivity contribution >= 4 is 31.9 Å². The first-order valence-corrected chi connectivity index (χ1v) is 6.82. The third-order valence-corrected chi connectivity index (χ3v) is 4.37. The minimum atomic E-state index is 0.532. The first kappa shape index (κ1) is 13.2. The van der Waals surface area contributed by atoms with E-state index >= 15 is 0 Å². The third-order valence-electron chi connectivity index (χ3n) is 2.48. The first-order chi connectivity index (χ1) is 7.10. The topological polar surface area (TPSA) is 29.9 Å². The number of nitrogens with zero attached hydrogens (tertiary/aromatic N) is 2. The molecule has 0 saturated heterocycles. The lowest BCUT2D eigenvalue weighted by molar-refractivity contribution is 0.509. The van der Waals surface area contributed by atoms with Crippen molar-refractivity contribution in [2.75, 3.05) is 0 Å². The Balaban J connectivity index is 2.72. The second-order valence-corrected chi connectivity index (χ2v) is 5.05. The van der Waals surface area contributed by atoms with Gasteiger partial charge in [-0.3, -0.25) is 0 Å². The molecule has 0 amide bonds. The predicted octanol–water partition coefficient (Wildman–Crippen LogP) is 3.32. The van der Waals surface area contributed by atoms with Crippen LogP contribution in [-0.2, 0) is 13.1 Å². The monoisotopic (exact) mass is 337 g/mol. The number of halogens is 2. The van der Waals surface area contributed by atoms with Crippen molar-refractivity contribution < 1.29 is 0 Å². The highest BCUT2D eigenvalue weighted by molar-refractivity contribution is 9.13. The largest absolute Gasteiger partial charge is 0.321 e. The molecule has 0 unspecified atom stereocenters. The lowest BCUT2D eigenvalue weighted by atomic mass is 10.2. The molecule has 1 aromatic rings. The van der Waals surface area contributed by atoms with Crippen LogP contribution in [0.15, 0.2) is 9.21 Å². The molecule has 1 atom stereocenters. The minimum Gasteiger partial charge on any atom is -0.321 e. The normalized spacial score (nSPS) is 13.1. The van der Waals surface area contributed by atoms with Crippen LogP contribution in [0.1, 0.15) is 33.0 Å². The van der Waals surface area contributed by atoms with Crippen molar-refractivity contribution in [2.24, 2.45) is 0 Å². The molecular weight excluding hydrogens is 322 g/mol. The quantitative estimate of drug-likeness (QED) is 0.892. The van der Waals surface area contributed by atoms with Gasteiger partial charge in [-0.1, -0.05) is 6.92 Å². The molecule has 0 aromatic carbocycles. The second kappa shape index (κ2) is 6.01. The van der Waals surface area contributed by atoms with Crippen molar-refractivity contribution in [3.8, 4) is 0 Å². The maximum absolute atomic E-state index is 4.46. The fraction of sp³-hybridized carbons (Fsp3) is 0.700. The number of imidazole rings is 1. The van der Waals surface area contributed by atoms with Crippen LogP contribution in [0, 0.1) is 0 Å². The van der Waals surface area contributed by atoms with E-state index in [-0.39, 0.29) is 0 Å². The van der Waals surface area contributed by atoms with Crippen LogP contribution in [-0.4, -0.2) is 15.6 Å². The molecule has 15 heavy (non-hydrogen) atoms. The molecule has 3 nitrogen and oxygen atoms in total. The molecule has 5 heteroatoms. The van der Waals surface area contributed by atoms with Gasteiger partial charge < -0.3 is 9.88 Å². The molecule has 0 radical (unpaired) electrons. The van der Waals surface area contributed by atoms with Gasteiger partial charge in [-0.05, 0) is 52.1 Å². The van der Waals surface area contributed by atoms with E-state index in [1.165, 1.54) is 0 Å². The summed E-state index contributed by atoms with van der Waals surface area (Å²) in [5.74, 6) is 1.07. The Morgan fingerprint density at radius 1 is 1.40 bits per heavy atom. The smallest absolute Gasteiger partial charge is 0.139 e. The highest BCUT2D eigenvalue weighted by Gasteiger charge is 2.11.